The number of hydrogen-bond donors (Lipinski definition) is 0. The maximum atomic E-state index is 11.2. The third-order valence-corrected chi connectivity index (χ3v) is 1.45. The van der Waals surface area contributed by atoms with Crippen LogP contribution in [-0.4, -0.2) is 7.05 Å². The Morgan fingerprint density at radius 1 is 1.25 bits per heavy atom. The van der Waals surface area contributed by atoms with E-state index in [0.29, 0.717) is 0 Å². The Balaban J connectivity index is 3.26. The zero-order valence-corrected chi connectivity index (χ0v) is 6.60. The summed E-state index contributed by atoms with van der Waals surface area (Å²) in [7, 11) is 1.43. The first-order valence-electron chi connectivity index (χ1n) is 3.42. The SMILES string of the molecule is CN(N=O)c1cccccc1=O. The second-order valence-electron chi connectivity index (χ2n) is 2.27. The summed E-state index contributed by atoms with van der Waals surface area (Å²) in [6.45, 7) is 0. The molecule has 0 saturated heterocycles. The quantitative estimate of drug-likeness (QED) is 0.487. The molecule has 62 valence electrons. The van der Waals surface area contributed by atoms with E-state index in [1.807, 2.05) is 0 Å². The van der Waals surface area contributed by atoms with E-state index in [-0.39, 0.29) is 11.1 Å². The lowest BCUT2D eigenvalue weighted by molar-refractivity contribution is 0.999. The Bertz CT molecular complexity index is 338. The lowest BCUT2D eigenvalue weighted by atomic mass is 10.4. The van der Waals surface area contributed by atoms with Crippen molar-refractivity contribution in [1.29, 1.82) is 0 Å². The lowest BCUT2D eigenvalue weighted by Crippen LogP contribution is -2.14. The van der Waals surface area contributed by atoms with Crippen molar-refractivity contribution in [2.75, 3.05) is 12.1 Å². The molecule has 12 heavy (non-hydrogen) atoms. The molecule has 0 N–H and O–H groups in total. The minimum Gasteiger partial charge on any atom is -0.288 e. The van der Waals surface area contributed by atoms with Gasteiger partial charge in [-0.05, 0) is 12.1 Å². The van der Waals surface area contributed by atoms with Gasteiger partial charge in [-0.1, -0.05) is 18.2 Å². The Morgan fingerprint density at radius 3 is 2.58 bits per heavy atom. The van der Waals surface area contributed by atoms with Crippen LogP contribution in [0.15, 0.2) is 40.4 Å². The number of nitrogens with zero attached hydrogens (tertiary/aromatic N) is 2. The molecule has 0 aromatic heterocycles. The summed E-state index contributed by atoms with van der Waals surface area (Å²) >= 11 is 0. The van der Waals surface area contributed by atoms with E-state index >= 15 is 0 Å². The smallest absolute Gasteiger partial charge is 0.203 e. The number of hydrogen-bond acceptors (Lipinski definition) is 3. The highest BCUT2D eigenvalue weighted by Gasteiger charge is 2.01. The molecular formula is C8H8N2O2. The van der Waals surface area contributed by atoms with Crippen LogP contribution in [0.5, 0.6) is 0 Å². The zero-order valence-electron chi connectivity index (χ0n) is 6.60. The summed E-state index contributed by atoms with van der Waals surface area (Å²) in [6.07, 6.45) is 0. The van der Waals surface area contributed by atoms with Gasteiger partial charge in [0, 0.05) is 7.05 Å². The molecular weight excluding hydrogens is 156 g/mol. The number of anilines is 1. The lowest BCUT2D eigenvalue weighted by Gasteiger charge is -2.03. The highest BCUT2D eigenvalue weighted by molar-refractivity contribution is 5.42. The summed E-state index contributed by atoms with van der Waals surface area (Å²) in [5.41, 5.74) is 0.0529. The number of nitroso groups, excluding NO2 is 1. The van der Waals surface area contributed by atoms with Crippen LogP contribution in [0, 0.1) is 4.91 Å². The third-order valence-electron chi connectivity index (χ3n) is 1.45. The molecule has 4 nitrogen and oxygen atoms in total. The molecule has 0 bridgehead atoms. The summed E-state index contributed by atoms with van der Waals surface area (Å²) in [4.78, 5) is 21.3. The van der Waals surface area contributed by atoms with Gasteiger partial charge in [-0.15, -0.1) is 4.91 Å². The van der Waals surface area contributed by atoms with Crippen molar-refractivity contribution in [3.63, 3.8) is 0 Å². The Labute approximate surface area is 69.4 Å². The first kappa shape index (κ1) is 8.39. The van der Waals surface area contributed by atoms with E-state index in [0.717, 1.165) is 5.01 Å². The van der Waals surface area contributed by atoms with Gasteiger partial charge >= 0.3 is 0 Å². The normalized spacial score (nSPS) is 9.08. The molecule has 0 atom stereocenters. The molecule has 0 aliphatic heterocycles. The van der Waals surface area contributed by atoms with Gasteiger partial charge in [0.25, 0.3) is 0 Å². The van der Waals surface area contributed by atoms with Gasteiger partial charge in [0.05, 0.1) is 5.29 Å². The standard InChI is InChI=1S/C8H8N2O2/c1-10(9-12)7-5-3-2-4-6-8(7)11/h2-6H,1H3. The van der Waals surface area contributed by atoms with E-state index < -0.39 is 0 Å². The van der Waals surface area contributed by atoms with Crippen LogP contribution >= 0.6 is 0 Å². The maximum Gasteiger partial charge on any atom is 0.203 e. The van der Waals surface area contributed by atoms with Crippen LogP contribution in [-0.2, 0) is 0 Å². The van der Waals surface area contributed by atoms with Gasteiger partial charge in [0.2, 0.25) is 5.43 Å². The Kier molecular flexibility index (Phi) is 2.53. The van der Waals surface area contributed by atoms with Crippen LogP contribution in [0.25, 0.3) is 0 Å². The van der Waals surface area contributed by atoms with E-state index in [1.54, 1.807) is 24.3 Å². The molecule has 1 aromatic rings. The van der Waals surface area contributed by atoms with E-state index in [2.05, 4.69) is 5.29 Å². The molecule has 1 rings (SSSR count). The topological polar surface area (TPSA) is 49.7 Å². The van der Waals surface area contributed by atoms with Gasteiger partial charge < -0.3 is 0 Å². The predicted molar refractivity (Wildman–Crippen MR) is 46.9 cm³/mol. The fourth-order valence-corrected chi connectivity index (χ4v) is 0.833. The molecule has 0 aliphatic rings. The van der Waals surface area contributed by atoms with Gasteiger partial charge in [-0.3, -0.25) is 4.79 Å². The fourth-order valence-electron chi connectivity index (χ4n) is 0.833. The van der Waals surface area contributed by atoms with Gasteiger partial charge in [0.15, 0.2) is 0 Å². The first-order chi connectivity index (χ1) is 5.75. The Hall–Kier alpha value is -1.71. The maximum absolute atomic E-state index is 11.2. The first-order valence-corrected chi connectivity index (χ1v) is 3.42. The highest BCUT2D eigenvalue weighted by Crippen LogP contribution is 2.02. The van der Waals surface area contributed by atoms with Crippen LogP contribution in [0.4, 0.5) is 5.69 Å². The van der Waals surface area contributed by atoms with Crippen LogP contribution in [0.2, 0.25) is 0 Å². The largest absolute Gasteiger partial charge is 0.288 e. The van der Waals surface area contributed by atoms with Crippen molar-refractivity contribution in [2.45, 2.75) is 0 Å². The van der Waals surface area contributed by atoms with Crippen LogP contribution in [0.1, 0.15) is 0 Å². The van der Waals surface area contributed by atoms with Crippen molar-refractivity contribution < 1.29 is 0 Å². The third kappa shape index (κ3) is 1.66. The second-order valence-corrected chi connectivity index (χ2v) is 2.27. The molecule has 0 spiro atoms. The van der Waals surface area contributed by atoms with Crippen LogP contribution in [0.3, 0.4) is 0 Å². The zero-order chi connectivity index (χ0) is 8.97. The monoisotopic (exact) mass is 164 g/mol. The van der Waals surface area contributed by atoms with E-state index in [1.165, 1.54) is 13.1 Å². The summed E-state index contributed by atoms with van der Waals surface area (Å²) in [5.74, 6) is 0. The molecule has 4 heteroatoms. The average Bonchev–Trinajstić information content (AvgIpc) is 2.28. The van der Waals surface area contributed by atoms with Crippen molar-refractivity contribution >= 4 is 5.69 Å². The molecule has 0 amide bonds. The summed E-state index contributed by atoms with van der Waals surface area (Å²) < 4.78 is 0. The minimum absolute atomic E-state index is 0.220. The van der Waals surface area contributed by atoms with E-state index in [4.69, 9.17) is 0 Å². The molecule has 0 fully saturated rings. The van der Waals surface area contributed by atoms with Crippen molar-refractivity contribution in [3.8, 4) is 0 Å². The summed E-state index contributed by atoms with van der Waals surface area (Å²) in [5, 5.41) is 3.63. The van der Waals surface area contributed by atoms with Crippen molar-refractivity contribution in [3.05, 3.63) is 45.5 Å². The summed E-state index contributed by atoms with van der Waals surface area (Å²) in [6, 6.07) is 7.94. The molecule has 0 unspecified atom stereocenters. The second kappa shape index (κ2) is 3.61. The molecule has 0 heterocycles. The van der Waals surface area contributed by atoms with Crippen molar-refractivity contribution in [1.82, 2.24) is 0 Å². The predicted octanol–water partition coefficient (Wildman–Crippen LogP) is 1.16. The number of rotatable bonds is 2. The highest BCUT2D eigenvalue weighted by atomic mass is 16.3. The van der Waals surface area contributed by atoms with E-state index in [9.17, 15) is 9.70 Å². The van der Waals surface area contributed by atoms with Gasteiger partial charge in [0.1, 0.15) is 5.69 Å². The fraction of sp³-hybridized carbons (Fsp3) is 0.125. The Morgan fingerprint density at radius 2 is 1.92 bits per heavy atom. The molecule has 0 aliphatic carbocycles. The molecule has 0 saturated carbocycles. The average molecular weight is 164 g/mol. The molecule has 0 radical (unpaired) electrons. The van der Waals surface area contributed by atoms with Crippen molar-refractivity contribution in [2.24, 2.45) is 5.29 Å². The van der Waals surface area contributed by atoms with Gasteiger partial charge in [-0.25, -0.2) is 5.01 Å². The van der Waals surface area contributed by atoms with Gasteiger partial charge in [-0.2, -0.15) is 0 Å². The minimum atomic E-state index is -0.220. The molecule has 1 aromatic carbocycles. The van der Waals surface area contributed by atoms with Crippen LogP contribution < -0.4 is 10.4 Å².